The number of hydrogen-bond acceptors (Lipinski definition) is 2. The number of pyridine rings is 1. The molecule has 1 aromatic rings. The summed E-state index contributed by atoms with van der Waals surface area (Å²) in [6.45, 7) is 2.13. The Labute approximate surface area is 78.7 Å². The van der Waals surface area contributed by atoms with Gasteiger partial charge in [0.25, 0.3) is 0 Å². The Morgan fingerprint density at radius 2 is 2.38 bits per heavy atom. The van der Waals surface area contributed by atoms with Gasteiger partial charge in [0.2, 0.25) is 0 Å². The van der Waals surface area contributed by atoms with Crippen molar-refractivity contribution in [1.82, 2.24) is 4.98 Å². The molecule has 3 heteroatoms. The van der Waals surface area contributed by atoms with Gasteiger partial charge in [-0.15, -0.1) is 0 Å². The quantitative estimate of drug-likeness (QED) is 0.566. The Morgan fingerprint density at radius 3 is 3.00 bits per heavy atom. The molecule has 70 valence electrons. The maximum Gasteiger partial charge on any atom is 0.153 e. The molecule has 0 amide bonds. The second-order valence-corrected chi connectivity index (χ2v) is 2.89. The summed E-state index contributed by atoms with van der Waals surface area (Å²) in [7, 11) is 0. The molecule has 0 bridgehead atoms. The molecule has 13 heavy (non-hydrogen) atoms. The first-order valence-corrected chi connectivity index (χ1v) is 4.57. The van der Waals surface area contributed by atoms with E-state index in [4.69, 9.17) is 5.73 Å². The zero-order valence-corrected chi connectivity index (χ0v) is 7.90. The van der Waals surface area contributed by atoms with E-state index in [0.29, 0.717) is 11.7 Å². The van der Waals surface area contributed by atoms with Crippen molar-refractivity contribution in [2.24, 2.45) is 10.7 Å². The molecule has 0 saturated heterocycles. The fourth-order valence-corrected chi connectivity index (χ4v) is 0.981. The Balaban J connectivity index is 2.55. The van der Waals surface area contributed by atoms with E-state index < -0.39 is 0 Å². The monoisotopic (exact) mass is 177 g/mol. The lowest BCUT2D eigenvalue weighted by Gasteiger charge is -1.97. The van der Waals surface area contributed by atoms with Crippen molar-refractivity contribution in [2.45, 2.75) is 26.2 Å². The van der Waals surface area contributed by atoms with E-state index in [9.17, 15) is 0 Å². The molecular weight excluding hydrogens is 162 g/mol. The van der Waals surface area contributed by atoms with Crippen molar-refractivity contribution in [3.8, 4) is 0 Å². The van der Waals surface area contributed by atoms with Crippen molar-refractivity contribution in [3.63, 3.8) is 0 Å². The summed E-state index contributed by atoms with van der Waals surface area (Å²) in [5.41, 5.74) is 5.70. The number of nitrogens with zero attached hydrogens (tertiary/aromatic N) is 2. The number of rotatable bonds is 4. The van der Waals surface area contributed by atoms with Gasteiger partial charge in [-0.05, 0) is 18.6 Å². The van der Waals surface area contributed by atoms with Gasteiger partial charge in [-0.3, -0.25) is 0 Å². The fourth-order valence-electron chi connectivity index (χ4n) is 0.981. The highest BCUT2D eigenvalue weighted by Gasteiger charge is 1.93. The molecule has 0 aliphatic carbocycles. The SMILES string of the molecule is CCCCC(N)=Nc1ccccn1. The first kappa shape index (κ1) is 9.71. The van der Waals surface area contributed by atoms with E-state index in [1.54, 1.807) is 6.20 Å². The highest BCUT2D eigenvalue weighted by Crippen LogP contribution is 2.06. The van der Waals surface area contributed by atoms with Crippen molar-refractivity contribution in [3.05, 3.63) is 24.4 Å². The average molecular weight is 177 g/mol. The smallest absolute Gasteiger partial charge is 0.153 e. The number of hydrogen-bond donors (Lipinski definition) is 1. The molecule has 0 atom stereocenters. The topological polar surface area (TPSA) is 51.3 Å². The van der Waals surface area contributed by atoms with Crippen LogP contribution in [0.15, 0.2) is 29.4 Å². The predicted molar refractivity (Wildman–Crippen MR) is 55.0 cm³/mol. The maximum absolute atomic E-state index is 5.70. The zero-order chi connectivity index (χ0) is 9.52. The van der Waals surface area contributed by atoms with Crippen LogP contribution in [-0.4, -0.2) is 10.8 Å². The Morgan fingerprint density at radius 1 is 1.54 bits per heavy atom. The van der Waals surface area contributed by atoms with E-state index >= 15 is 0 Å². The normalized spacial score (nSPS) is 11.6. The van der Waals surface area contributed by atoms with Crippen LogP contribution in [0.1, 0.15) is 26.2 Å². The third kappa shape index (κ3) is 3.69. The summed E-state index contributed by atoms with van der Waals surface area (Å²) >= 11 is 0. The number of nitrogens with two attached hydrogens (primary N) is 1. The molecule has 0 saturated carbocycles. The summed E-state index contributed by atoms with van der Waals surface area (Å²) in [6.07, 6.45) is 4.79. The first-order chi connectivity index (χ1) is 6.33. The summed E-state index contributed by atoms with van der Waals surface area (Å²) in [6, 6.07) is 5.61. The van der Waals surface area contributed by atoms with E-state index in [1.165, 1.54) is 0 Å². The second kappa shape index (κ2) is 5.30. The van der Waals surface area contributed by atoms with Crippen LogP contribution < -0.4 is 5.73 Å². The molecule has 1 heterocycles. The van der Waals surface area contributed by atoms with Gasteiger partial charge >= 0.3 is 0 Å². The lowest BCUT2D eigenvalue weighted by atomic mass is 10.2. The summed E-state index contributed by atoms with van der Waals surface area (Å²) in [5.74, 6) is 1.36. The van der Waals surface area contributed by atoms with Crippen molar-refractivity contribution in [2.75, 3.05) is 0 Å². The lowest BCUT2D eigenvalue weighted by molar-refractivity contribution is 0.831. The number of unbranched alkanes of at least 4 members (excludes halogenated alkanes) is 1. The van der Waals surface area contributed by atoms with E-state index in [1.807, 2.05) is 18.2 Å². The molecule has 1 rings (SSSR count). The van der Waals surface area contributed by atoms with Crippen molar-refractivity contribution in [1.29, 1.82) is 0 Å². The van der Waals surface area contributed by atoms with Crippen LogP contribution in [0.25, 0.3) is 0 Å². The third-order valence-corrected chi connectivity index (χ3v) is 1.69. The van der Waals surface area contributed by atoms with E-state index in [-0.39, 0.29) is 0 Å². The van der Waals surface area contributed by atoms with E-state index in [0.717, 1.165) is 19.3 Å². The molecule has 0 fully saturated rings. The lowest BCUT2D eigenvalue weighted by Crippen LogP contribution is -2.10. The molecular formula is C10H15N3. The second-order valence-electron chi connectivity index (χ2n) is 2.89. The number of aliphatic imine (C=N–C) groups is 1. The van der Waals surface area contributed by atoms with Crippen molar-refractivity contribution < 1.29 is 0 Å². The summed E-state index contributed by atoms with van der Waals surface area (Å²) < 4.78 is 0. The van der Waals surface area contributed by atoms with Crippen LogP contribution in [0.5, 0.6) is 0 Å². The number of amidine groups is 1. The Kier molecular flexibility index (Phi) is 3.96. The van der Waals surface area contributed by atoms with Gasteiger partial charge < -0.3 is 5.73 Å². The van der Waals surface area contributed by atoms with Crippen LogP contribution in [0.4, 0.5) is 5.82 Å². The van der Waals surface area contributed by atoms with Gasteiger partial charge in [0.05, 0.1) is 0 Å². The van der Waals surface area contributed by atoms with Crippen molar-refractivity contribution >= 4 is 11.7 Å². The standard InChI is InChI=1S/C10H15N3/c1-2-3-6-9(11)13-10-7-4-5-8-12-10/h4-5,7-8H,2-3,6H2,1H3,(H2,11,12,13). The van der Waals surface area contributed by atoms with Gasteiger partial charge in [0, 0.05) is 12.6 Å². The van der Waals surface area contributed by atoms with Crippen LogP contribution in [0.2, 0.25) is 0 Å². The molecule has 0 aromatic carbocycles. The molecule has 2 N–H and O–H groups in total. The summed E-state index contributed by atoms with van der Waals surface area (Å²) in [4.78, 5) is 8.24. The highest BCUT2D eigenvalue weighted by atomic mass is 14.9. The summed E-state index contributed by atoms with van der Waals surface area (Å²) in [5, 5.41) is 0. The largest absolute Gasteiger partial charge is 0.387 e. The fraction of sp³-hybridized carbons (Fsp3) is 0.400. The van der Waals surface area contributed by atoms with Crippen LogP contribution in [0.3, 0.4) is 0 Å². The van der Waals surface area contributed by atoms with Gasteiger partial charge in [0.1, 0.15) is 5.84 Å². The third-order valence-electron chi connectivity index (χ3n) is 1.69. The van der Waals surface area contributed by atoms with Gasteiger partial charge in [-0.2, -0.15) is 0 Å². The van der Waals surface area contributed by atoms with Crippen LogP contribution >= 0.6 is 0 Å². The Hall–Kier alpha value is -1.38. The maximum atomic E-state index is 5.70. The minimum absolute atomic E-state index is 0.667. The van der Waals surface area contributed by atoms with Crippen LogP contribution in [-0.2, 0) is 0 Å². The van der Waals surface area contributed by atoms with Gasteiger partial charge in [-0.25, -0.2) is 9.98 Å². The minimum atomic E-state index is 0.667. The average Bonchev–Trinajstić information content (AvgIpc) is 2.16. The molecule has 0 aliphatic heterocycles. The zero-order valence-electron chi connectivity index (χ0n) is 7.90. The highest BCUT2D eigenvalue weighted by molar-refractivity contribution is 5.82. The first-order valence-electron chi connectivity index (χ1n) is 4.57. The van der Waals surface area contributed by atoms with Crippen LogP contribution in [0, 0.1) is 0 Å². The van der Waals surface area contributed by atoms with Gasteiger partial charge in [0.15, 0.2) is 5.82 Å². The predicted octanol–water partition coefficient (Wildman–Crippen LogP) is 2.26. The molecule has 0 aliphatic rings. The molecule has 1 aromatic heterocycles. The molecule has 0 spiro atoms. The molecule has 0 radical (unpaired) electrons. The Bertz CT molecular complexity index is 267. The van der Waals surface area contributed by atoms with E-state index in [2.05, 4.69) is 16.9 Å². The minimum Gasteiger partial charge on any atom is -0.387 e. The van der Waals surface area contributed by atoms with Gasteiger partial charge in [-0.1, -0.05) is 19.4 Å². The number of aromatic nitrogens is 1. The molecule has 3 nitrogen and oxygen atoms in total. The molecule has 0 unspecified atom stereocenters.